The van der Waals surface area contributed by atoms with E-state index in [4.69, 9.17) is 4.74 Å². The lowest BCUT2D eigenvalue weighted by Crippen LogP contribution is -2.60. The van der Waals surface area contributed by atoms with E-state index < -0.39 is 6.04 Å². The lowest BCUT2D eigenvalue weighted by molar-refractivity contribution is -0.133. The zero-order valence-corrected chi connectivity index (χ0v) is 20.5. The Morgan fingerprint density at radius 3 is 2.29 bits per heavy atom. The second-order valence-electron chi connectivity index (χ2n) is 9.08. The summed E-state index contributed by atoms with van der Waals surface area (Å²) in [6.45, 7) is 5.23. The first-order valence-corrected chi connectivity index (χ1v) is 11.7. The minimum absolute atomic E-state index is 0.0834. The van der Waals surface area contributed by atoms with Gasteiger partial charge in [-0.2, -0.15) is 0 Å². The molecule has 3 heterocycles. The summed E-state index contributed by atoms with van der Waals surface area (Å²) in [5, 5.41) is 0. The molecule has 0 bridgehead atoms. The molecule has 2 fully saturated rings. The number of hydrogen-bond donors (Lipinski definition) is 0. The van der Waals surface area contributed by atoms with Crippen LogP contribution in [0.1, 0.15) is 10.4 Å². The number of methoxy groups -OCH3 is 1. The average molecular weight is 467 g/mol. The van der Waals surface area contributed by atoms with Crippen LogP contribution in [0.2, 0.25) is 0 Å². The average Bonchev–Trinajstić information content (AvgIpc) is 2.88. The molecule has 9 heteroatoms. The molecule has 34 heavy (non-hydrogen) atoms. The number of pyridine rings is 1. The molecule has 2 aliphatic rings. The van der Waals surface area contributed by atoms with E-state index in [1.54, 1.807) is 43.3 Å². The van der Waals surface area contributed by atoms with Crippen LogP contribution in [0.5, 0.6) is 5.75 Å². The van der Waals surface area contributed by atoms with Gasteiger partial charge in [0, 0.05) is 77.4 Å². The number of carbonyl (C=O) groups excluding carboxylic acids is 2. The van der Waals surface area contributed by atoms with Gasteiger partial charge in [-0.25, -0.2) is 4.98 Å². The van der Waals surface area contributed by atoms with Crippen LogP contribution >= 0.6 is 0 Å². The number of nitrogens with zero attached hydrogens (tertiary/aromatic N) is 6. The molecule has 1 aromatic heterocycles. The van der Waals surface area contributed by atoms with Gasteiger partial charge in [-0.05, 0) is 43.4 Å². The van der Waals surface area contributed by atoms with Crippen LogP contribution in [0, 0.1) is 0 Å². The van der Waals surface area contributed by atoms with E-state index in [0.717, 1.165) is 43.4 Å². The molecule has 2 amide bonds. The van der Waals surface area contributed by atoms with Gasteiger partial charge in [-0.1, -0.05) is 0 Å². The fourth-order valence-electron chi connectivity index (χ4n) is 4.49. The molecule has 0 unspecified atom stereocenters. The molecule has 0 radical (unpaired) electrons. The highest BCUT2D eigenvalue weighted by Gasteiger charge is 2.37. The maximum atomic E-state index is 13.6. The Bertz CT molecular complexity index is 1000. The fraction of sp³-hybridized carbons (Fsp3) is 0.480. The molecule has 2 aromatic rings. The van der Waals surface area contributed by atoms with Crippen molar-refractivity contribution in [2.75, 3.05) is 83.9 Å². The van der Waals surface area contributed by atoms with E-state index in [1.807, 2.05) is 30.3 Å². The maximum Gasteiger partial charge on any atom is 0.254 e. The van der Waals surface area contributed by atoms with Gasteiger partial charge in [-0.15, -0.1) is 0 Å². The van der Waals surface area contributed by atoms with E-state index in [2.05, 4.69) is 26.7 Å². The zero-order chi connectivity index (χ0) is 24.2. The van der Waals surface area contributed by atoms with Crippen molar-refractivity contribution >= 4 is 23.3 Å². The topological polar surface area (TPSA) is 72.5 Å². The number of amides is 2. The van der Waals surface area contributed by atoms with E-state index in [9.17, 15) is 9.59 Å². The minimum Gasteiger partial charge on any atom is -0.497 e. The number of carbonyl (C=O) groups is 2. The predicted molar refractivity (Wildman–Crippen MR) is 133 cm³/mol. The lowest BCUT2D eigenvalue weighted by atomic mass is 10.1. The lowest BCUT2D eigenvalue weighted by Gasteiger charge is -2.42. The number of benzene rings is 1. The Labute approximate surface area is 201 Å². The fourth-order valence-corrected chi connectivity index (χ4v) is 4.49. The van der Waals surface area contributed by atoms with Crippen molar-refractivity contribution in [2.24, 2.45) is 0 Å². The highest BCUT2D eigenvalue weighted by molar-refractivity contribution is 5.98. The molecule has 1 atom stereocenters. The first-order valence-electron chi connectivity index (χ1n) is 11.7. The molecule has 2 saturated heterocycles. The number of rotatable bonds is 5. The Balaban J connectivity index is 1.54. The van der Waals surface area contributed by atoms with Crippen LogP contribution in [0.15, 0.2) is 42.6 Å². The molecule has 2 aliphatic heterocycles. The van der Waals surface area contributed by atoms with Crippen molar-refractivity contribution in [3.8, 4) is 5.75 Å². The Kier molecular flexibility index (Phi) is 7.21. The van der Waals surface area contributed by atoms with Crippen LogP contribution in [-0.2, 0) is 4.79 Å². The number of likely N-dealkylation sites (N-methyl/N-ethyl adjacent to an activating group) is 2. The van der Waals surface area contributed by atoms with Gasteiger partial charge in [0.1, 0.15) is 17.6 Å². The monoisotopic (exact) mass is 466 g/mol. The van der Waals surface area contributed by atoms with Crippen molar-refractivity contribution in [3.63, 3.8) is 0 Å². The Hall–Kier alpha value is -3.33. The summed E-state index contributed by atoms with van der Waals surface area (Å²) >= 11 is 0. The Morgan fingerprint density at radius 2 is 1.65 bits per heavy atom. The predicted octanol–water partition coefficient (Wildman–Crippen LogP) is 1.26. The van der Waals surface area contributed by atoms with Gasteiger partial charge >= 0.3 is 0 Å². The minimum atomic E-state index is -0.571. The molecular weight excluding hydrogens is 432 g/mol. The van der Waals surface area contributed by atoms with E-state index in [-0.39, 0.29) is 11.8 Å². The first kappa shape index (κ1) is 23.8. The van der Waals surface area contributed by atoms with Crippen LogP contribution in [0.4, 0.5) is 11.5 Å². The van der Waals surface area contributed by atoms with Crippen molar-refractivity contribution in [3.05, 3.63) is 48.2 Å². The second-order valence-corrected chi connectivity index (χ2v) is 9.08. The van der Waals surface area contributed by atoms with Gasteiger partial charge in [0.2, 0.25) is 5.91 Å². The second kappa shape index (κ2) is 10.3. The standard InChI is InChI=1S/C25H34N6O3/c1-27(2)25(33)22-18-30(20-5-7-21(34-4)8-6-20)15-16-31(22)24(32)19-9-10-26-23(17-19)29-13-11-28(3)12-14-29/h5-10,17,22H,11-16,18H2,1-4H3/t22-/m0/s1. The number of hydrogen-bond acceptors (Lipinski definition) is 7. The van der Waals surface area contributed by atoms with Gasteiger partial charge < -0.3 is 29.2 Å². The quantitative estimate of drug-likeness (QED) is 0.657. The van der Waals surface area contributed by atoms with Crippen molar-refractivity contribution in [1.29, 1.82) is 0 Å². The summed E-state index contributed by atoms with van der Waals surface area (Å²) in [5.41, 5.74) is 1.57. The highest BCUT2D eigenvalue weighted by Crippen LogP contribution is 2.25. The number of aromatic nitrogens is 1. The molecule has 4 rings (SSSR count). The summed E-state index contributed by atoms with van der Waals surface area (Å²) in [4.78, 5) is 41.2. The maximum absolute atomic E-state index is 13.6. The molecule has 0 saturated carbocycles. The largest absolute Gasteiger partial charge is 0.497 e. The summed E-state index contributed by atoms with van der Waals surface area (Å²) < 4.78 is 5.26. The summed E-state index contributed by atoms with van der Waals surface area (Å²) in [6, 6.07) is 10.8. The smallest absolute Gasteiger partial charge is 0.254 e. The third-order valence-electron chi connectivity index (χ3n) is 6.62. The van der Waals surface area contributed by atoms with E-state index in [1.165, 1.54) is 0 Å². The third-order valence-corrected chi connectivity index (χ3v) is 6.62. The van der Waals surface area contributed by atoms with Crippen molar-refractivity contribution < 1.29 is 14.3 Å². The van der Waals surface area contributed by atoms with E-state index in [0.29, 0.717) is 25.2 Å². The molecule has 1 aromatic carbocycles. The van der Waals surface area contributed by atoms with Gasteiger partial charge in [0.15, 0.2) is 0 Å². The van der Waals surface area contributed by atoms with Gasteiger partial charge in [0.25, 0.3) is 5.91 Å². The summed E-state index contributed by atoms with van der Waals surface area (Å²) in [6.07, 6.45) is 1.69. The molecular formula is C25H34N6O3. The van der Waals surface area contributed by atoms with Crippen LogP contribution in [0.25, 0.3) is 0 Å². The Morgan fingerprint density at radius 1 is 0.971 bits per heavy atom. The summed E-state index contributed by atoms with van der Waals surface area (Å²) in [7, 11) is 7.21. The highest BCUT2D eigenvalue weighted by atomic mass is 16.5. The molecule has 9 nitrogen and oxygen atoms in total. The number of piperazine rings is 2. The molecule has 182 valence electrons. The number of ether oxygens (including phenoxy) is 1. The van der Waals surface area contributed by atoms with Crippen LogP contribution in [0.3, 0.4) is 0 Å². The van der Waals surface area contributed by atoms with E-state index >= 15 is 0 Å². The molecule has 0 spiro atoms. The molecule has 0 N–H and O–H groups in total. The van der Waals surface area contributed by atoms with Crippen molar-refractivity contribution in [1.82, 2.24) is 19.7 Å². The summed E-state index contributed by atoms with van der Waals surface area (Å²) in [5.74, 6) is 1.38. The SMILES string of the molecule is COc1ccc(N2CCN(C(=O)c3ccnc(N4CCN(C)CC4)c3)[C@H](C(=O)N(C)C)C2)cc1. The first-order chi connectivity index (χ1) is 16.4. The normalized spacial score (nSPS) is 19.2. The van der Waals surface area contributed by atoms with Gasteiger partial charge in [-0.3, -0.25) is 9.59 Å². The molecule has 0 aliphatic carbocycles. The van der Waals surface area contributed by atoms with Gasteiger partial charge in [0.05, 0.1) is 7.11 Å². The zero-order valence-electron chi connectivity index (χ0n) is 20.5. The number of anilines is 2. The van der Waals surface area contributed by atoms with Crippen LogP contribution < -0.4 is 14.5 Å². The van der Waals surface area contributed by atoms with Crippen molar-refractivity contribution in [2.45, 2.75) is 6.04 Å². The van der Waals surface area contributed by atoms with Crippen LogP contribution in [-0.4, -0.2) is 112 Å². The third kappa shape index (κ3) is 5.09.